The van der Waals surface area contributed by atoms with Crippen molar-refractivity contribution in [2.45, 2.75) is 13.3 Å². The molecule has 0 atom stereocenters. The first kappa shape index (κ1) is 17.1. The molecule has 0 radical (unpaired) electrons. The van der Waals surface area contributed by atoms with Gasteiger partial charge in [-0.25, -0.2) is 0 Å². The number of carbonyl (C=O) groups excluding carboxylic acids is 3. The zero-order valence-electron chi connectivity index (χ0n) is 12.9. The number of benzene rings is 1. The van der Waals surface area contributed by atoms with Crippen molar-refractivity contribution in [3.05, 3.63) is 34.7 Å². The Morgan fingerprint density at radius 3 is 2.57 bits per heavy atom. The summed E-state index contributed by atoms with van der Waals surface area (Å²) >= 11 is 0.807. The van der Waals surface area contributed by atoms with E-state index in [1.54, 1.807) is 30.3 Å². The van der Waals surface area contributed by atoms with Gasteiger partial charge >= 0.3 is 5.97 Å². The van der Waals surface area contributed by atoms with Crippen molar-refractivity contribution in [2.75, 3.05) is 20.3 Å². The fourth-order valence-corrected chi connectivity index (χ4v) is 2.70. The summed E-state index contributed by atoms with van der Waals surface area (Å²) in [6, 6.07) is 7.22. The van der Waals surface area contributed by atoms with E-state index in [1.807, 2.05) is 6.92 Å². The molecule has 7 heteroatoms. The lowest BCUT2D eigenvalue weighted by molar-refractivity contribution is -0.143. The van der Waals surface area contributed by atoms with Gasteiger partial charge in [0.1, 0.15) is 12.3 Å². The number of carbonyl (C=O) groups is 3. The molecule has 1 fully saturated rings. The summed E-state index contributed by atoms with van der Waals surface area (Å²) < 4.78 is 9.96. The topological polar surface area (TPSA) is 72.9 Å². The third kappa shape index (κ3) is 4.35. The molecule has 0 aromatic heterocycles. The van der Waals surface area contributed by atoms with Crippen molar-refractivity contribution in [3.63, 3.8) is 0 Å². The minimum Gasteiger partial charge on any atom is -0.494 e. The van der Waals surface area contributed by atoms with Crippen molar-refractivity contribution in [1.82, 2.24) is 4.90 Å². The van der Waals surface area contributed by atoms with E-state index < -0.39 is 17.1 Å². The molecule has 0 aliphatic carbocycles. The molecule has 0 bridgehead atoms. The third-order valence-corrected chi connectivity index (χ3v) is 3.95. The van der Waals surface area contributed by atoms with Crippen LogP contribution < -0.4 is 4.74 Å². The average Bonchev–Trinajstić information content (AvgIpc) is 2.81. The predicted octanol–water partition coefficient (Wildman–Crippen LogP) is 2.68. The van der Waals surface area contributed by atoms with Gasteiger partial charge in [-0.1, -0.05) is 19.1 Å². The smallest absolute Gasteiger partial charge is 0.325 e. The first-order valence-corrected chi connectivity index (χ1v) is 7.92. The highest BCUT2D eigenvalue weighted by atomic mass is 32.2. The van der Waals surface area contributed by atoms with Crippen LogP contribution in [0.15, 0.2) is 29.2 Å². The van der Waals surface area contributed by atoms with E-state index in [1.165, 1.54) is 7.11 Å². The number of ether oxygens (including phenoxy) is 2. The lowest BCUT2D eigenvalue weighted by Crippen LogP contribution is -2.34. The second-order valence-electron chi connectivity index (χ2n) is 4.76. The van der Waals surface area contributed by atoms with Crippen molar-refractivity contribution < 1.29 is 23.9 Å². The molecule has 2 amide bonds. The molecule has 122 valence electrons. The second kappa shape index (κ2) is 7.82. The third-order valence-electron chi connectivity index (χ3n) is 3.04. The summed E-state index contributed by atoms with van der Waals surface area (Å²) in [5.74, 6) is -0.370. The van der Waals surface area contributed by atoms with Crippen molar-refractivity contribution in [3.8, 4) is 5.75 Å². The lowest BCUT2D eigenvalue weighted by Gasteiger charge is -2.09. The molecule has 1 heterocycles. The molecular formula is C16H17NO5S. The van der Waals surface area contributed by atoms with Crippen LogP contribution in [0.5, 0.6) is 5.75 Å². The van der Waals surface area contributed by atoms with Crippen LogP contribution in [0, 0.1) is 0 Å². The number of hydrogen-bond donors (Lipinski definition) is 0. The standard InChI is InChI=1S/C16H17NO5S/c1-3-8-22-12-6-4-11(5-7-12)9-13-15(19)17(16(20)23-13)10-14(18)21-2/h4-7,9H,3,8,10H2,1-2H3/b13-9-. The number of methoxy groups -OCH3 is 1. The van der Waals surface area contributed by atoms with E-state index in [-0.39, 0.29) is 11.4 Å². The molecule has 6 nitrogen and oxygen atoms in total. The SMILES string of the molecule is CCCOc1ccc(/C=C2\SC(=O)N(CC(=O)OC)C2=O)cc1. The minimum atomic E-state index is -0.633. The van der Waals surface area contributed by atoms with Gasteiger partial charge in [0, 0.05) is 0 Å². The number of esters is 1. The number of hydrogen-bond acceptors (Lipinski definition) is 6. The Morgan fingerprint density at radius 2 is 1.96 bits per heavy atom. The largest absolute Gasteiger partial charge is 0.494 e. The van der Waals surface area contributed by atoms with E-state index in [2.05, 4.69) is 4.74 Å². The van der Waals surface area contributed by atoms with Gasteiger partial charge < -0.3 is 9.47 Å². The maximum atomic E-state index is 12.2. The monoisotopic (exact) mass is 335 g/mol. The highest BCUT2D eigenvalue weighted by Crippen LogP contribution is 2.32. The quantitative estimate of drug-likeness (QED) is 0.588. The summed E-state index contributed by atoms with van der Waals surface area (Å²) in [6.45, 7) is 2.30. The van der Waals surface area contributed by atoms with Gasteiger partial charge in [-0.15, -0.1) is 0 Å². The van der Waals surface area contributed by atoms with Crippen LogP contribution >= 0.6 is 11.8 Å². The van der Waals surface area contributed by atoms with E-state index in [0.29, 0.717) is 6.61 Å². The average molecular weight is 335 g/mol. The first-order valence-electron chi connectivity index (χ1n) is 7.10. The Kier molecular flexibility index (Phi) is 5.81. The van der Waals surface area contributed by atoms with Crippen molar-refractivity contribution in [1.29, 1.82) is 0 Å². The first-order chi connectivity index (χ1) is 11.0. The van der Waals surface area contributed by atoms with E-state index in [9.17, 15) is 14.4 Å². The fraction of sp³-hybridized carbons (Fsp3) is 0.312. The Hall–Kier alpha value is -2.28. The summed E-state index contributed by atoms with van der Waals surface area (Å²) in [4.78, 5) is 36.4. The van der Waals surface area contributed by atoms with E-state index >= 15 is 0 Å². The summed E-state index contributed by atoms with van der Waals surface area (Å²) in [7, 11) is 1.21. The molecule has 23 heavy (non-hydrogen) atoms. The summed E-state index contributed by atoms with van der Waals surface area (Å²) in [5, 5.41) is -0.477. The number of thioether (sulfide) groups is 1. The Bertz CT molecular complexity index is 638. The highest BCUT2D eigenvalue weighted by molar-refractivity contribution is 8.18. The maximum absolute atomic E-state index is 12.2. The highest BCUT2D eigenvalue weighted by Gasteiger charge is 2.36. The lowest BCUT2D eigenvalue weighted by atomic mass is 10.2. The number of nitrogens with zero attached hydrogens (tertiary/aromatic N) is 1. The molecule has 0 saturated carbocycles. The van der Waals surface area contributed by atoms with Crippen molar-refractivity contribution in [2.24, 2.45) is 0 Å². The van der Waals surface area contributed by atoms with Gasteiger partial charge in [-0.05, 0) is 42.0 Å². The Balaban J connectivity index is 2.09. The van der Waals surface area contributed by atoms with Crippen LogP contribution in [-0.4, -0.2) is 42.3 Å². The van der Waals surface area contributed by atoms with Crippen LogP contribution in [0.1, 0.15) is 18.9 Å². The Labute approximate surface area is 138 Å². The Morgan fingerprint density at radius 1 is 1.26 bits per heavy atom. The fourth-order valence-electron chi connectivity index (χ4n) is 1.86. The van der Waals surface area contributed by atoms with Crippen LogP contribution in [0.3, 0.4) is 0 Å². The second-order valence-corrected chi connectivity index (χ2v) is 5.75. The van der Waals surface area contributed by atoms with Crippen LogP contribution in [0.25, 0.3) is 6.08 Å². The maximum Gasteiger partial charge on any atom is 0.325 e. The molecule has 1 aliphatic rings. The van der Waals surface area contributed by atoms with Gasteiger partial charge in [-0.2, -0.15) is 0 Å². The van der Waals surface area contributed by atoms with Gasteiger partial charge in [0.25, 0.3) is 11.1 Å². The molecule has 0 N–H and O–H groups in total. The van der Waals surface area contributed by atoms with E-state index in [4.69, 9.17) is 4.74 Å². The molecule has 1 aromatic rings. The summed E-state index contributed by atoms with van der Waals surface area (Å²) in [5.41, 5.74) is 0.775. The molecule has 1 aromatic carbocycles. The number of rotatable bonds is 6. The van der Waals surface area contributed by atoms with Gasteiger partial charge in [-0.3, -0.25) is 19.3 Å². The van der Waals surface area contributed by atoms with Crippen LogP contribution in [-0.2, 0) is 14.3 Å². The predicted molar refractivity (Wildman–Crippen MR) is 86.9 cm³/mol. The van der Waals surface area contributed by atoms with Gasteiger partial charge in [0.2, 0.25) is 0 Å². The molecule has 0 unspecified atom stereocenters. The number of imide groups is 1. The number of amides is 2. The van der Waals surface area contributed by atoms with Crippen LogP contribution in [0.2, 0.25) is 0 Å². The molecule has 0 spiro atoms. The van der Waals surface area contributed by atoms with E-state index in [0.717, 1.165) is 34.4 Å². The van der Waals surface area contributed by atoms with Gasteiger partial charge in [0.15, 0.2) is 0 Å². The summed E-state index contributed by atoms with van der Waals surface area (Å²) in [6.07, 6.45) is 2.54. The molecule has 1 saturated heterocycles. The molecular weight excluding hydrogens is 318 g/mol. The zero-order chi connectivity index (χ0) is 16.8. The van der Waals surface area contributed by atoms with Gasteiger partial charge in [0.05, 0.1) is 18.6 Å². The minimum absolute atomic E-state index is 0.279. The molecule has 1 aliphatic heterocycles. The molecule has 2 rings (SSSR count). The van der Waals surface area contributed by atoms with Crippen LogP contribution in [0.4, 0.5) is 4.79 Å². The normalized spacial score (nSPS) is 16.1. The van der Waals surface area contributed by atoms with Crippen molar-refractivity contribution >= 4 is 35.0 Å². The zero-order valence-corrected chi connectivity index (χ0v) is 13.7.